The van der Waals surface area contributed by atoms with Crippen LogP contribution in [-0.4, -0.2) is 0 Å². The van der Waals surface area contributed by atoms with Gasteiger partial charge in [0.05, 0.1) is 0 Å². The van der Waals surface area contributed by atoms with Crippen molar-refractivity contribution in [2.45, 2.75) is 116 Å². The lowest BCUT2D eigenvalue weighted by Crippen LogP contribution is -2.33. The first-order valence-corrected chi connectivity index (χ1v) is 13.6. The molecule has 0 N–H and O–H groups in total. The third kappa shape index (κ3) is 13.5. The van der Waals surface area contributed by atoms with Crippen LogP contribution in [0.15, 0.2) is 67.0 Å². The number of allylic oxidation sites excluding steroid dienone is 2. The fraction of sp³-hybridized carbons (Fsp3) is 0.581. The SMILES string of the molecule is CCCCCCCCC=CCCCCCCCCCc1cc[n+](Cc2ccccc2)cc1. The van der Waals surface area contributed by atoms with Gasteiger partial charge in [0, 0.05) is 17.7 Å². The summed E-state index contributed by atoms with van der Waals surface area (Å²) < 4.78 is 2.27. The summed E-state index contributed by atoms with van der Waals surface area (Å²) in [4.78, 5) is 0. The molecule has 0 aliphatic carbocycles. The van der Waals surface area contributed by atoms with E-state index in [4.69, 9.17) is 0 Å². The smallest absolute Gasteiger partial charge is 0.173 e. The van der Waals surface area contributed by atoms with Crippen molar-refractivity contribution in [3.05, 3.63) is 78.1 Å². The molecule has 1 heteroatoms. The zero-order chi connectivity index (χ0) is 22.5. The minimum Gasteiger partial charge on any atom is -0.201 e. The lowest BCUT2D eigenvalue weighted by atomic mass is 10.0. The summed E-state index contributed by atoms with van der Waals surface area (Å²) in [5, 5.41) is 0. The predicted molar refractivity (Wildman–Crippen MR) is 140 cm³/mol. The molecule has 1 aromatic heterocycles. The van der Waals surface area contributed by atoms with Crippen molar-refractivity contribution in [3.8, 4) is 0 Å². The monoisotopic (exact) mass is 434 g/mol. The highest BCUT2D eigenvalue weighted by atomic mass is 14.9. The number of hydrogen-bond donors (Lipinski definition) is 0. The molecule has 0 unspecified atom stereocenters. The van der Waals surface area contributed by atoms with Crippen LogP contribution >= 0.6 is 0 Å². The van der Waals surface area contributed by atoms with Gasteiger partial charge >= 0.3 is 0 Å². The highest BCUT2D eigenvalue weighted by molar-refractivity contribution is 5.13. The van der Waals surface area contributed by atoms with E-state index in [1.54, 1.807) is 0 Å². The first-order chi connectivity index (χ1) is 15.9. The van der Waals surface area contributed by atoms with Crippen molar-refractivity contribution < 1.29 is 4.57 Å². The molecule has 0 fully saturated rings. The topological polar surface area (TPSA) is 3.88 Å². The first kappa shape index (κ1) is 26.4. The second-order valence-corrected chi connectivity index (χ2v) is 9.41. The van der Waals surface area contributed by atoms with Crippen molar-refractivity contribution in [1.82, 2.24) is 0 Å². The molecule has 1 aromatic carbocycles. The number of aromatic nitrogens is 1. The molecule has 0 saturated heterocycles. The molecule has 0 amide bonds. The summed E-state index contributed by atoms with van der Waals surface area (Å²) in [5.41, 5.74) is 2.83. The summed E-state index contributed by atoms with van der Waals surface area (Å²) in [7, 11) is 0. The number of hydrogen-bond acceptors (Lipinski definition) is 0. The van der Waals surface area contributed by atoms with Gasteiger partial charge in [-0.15, -0.1) is 0 Å². The Morgan fingerprint density at radius 3 is 1.69 bits per heavy atom. The van der Waals surface area contributed by atoms with Crippen molar-refractivity contribution in [1.29, 1.82) is 0 Å². The van der Waals surface area contributed by atoms with Crippen molar-refractivity contribution in [2.24, 2.45) is 0 Å². The molecular formula is C31H48N+. The van der Waals surface area contributed by atoms with Crippen LogP contribution in [0, 0.1) is 0 Å². The quantitative estimate of drug-likeness (QED) is 0.118. The Balaban J connectivity index is 1.37. The molecule has 0 aliphatic rings. The number of unbranched alkanes of at least 4 members (excludes halogenated alkanes) is 13. The summed E-state index contributed by atoms with van der Waals surface area (Å²) in [6.45, 7) is 3.24. The van der Waals surface area contributed by atoms with Gasteiger partial charge in [-0.25, -0.2) is 4.57 Å². The van der Waals surface area contributed by atoms with Gasteiger partial charge in [0.25, 0.3) is 0 Å². The van der Waals surface area contributed by atoms with Crippen LogP contribution in [0.25, 0.3) is 0 Å². The van der Waals surface area contributed by atoms with E-state index in [0.29, 0.717) is 0 Å². The molecule has 0 atom stereocenters. The van der Waals surface area contributed by atoms with E-state index in [9.17, 15) is 0 Å². The van der Waals surface area contributed by atoms with Crippen LogP contribution in [0.4, 0.5) is 0 Å². The maximum absolute atomic E-state index is 2.43. The van der Waals surface area contributed by atoms with Crippen LogP contribution in [0.3, 0.4) is 0 Å². The van der Waals surface area contributed by atoms with E-state index in [1.165, 1.54) is 114 Å². The Hall–Kier alpha value is -1.89. The Kier molecular flexibility index (Phi) is 15.4. The largest absolute Gasteiger partial charge is 0.201 e. The maximum atomic E-state index is 2.43. The first-order valence-electron chi connectivity index (χ1n) is 13.6. The molecular weight excluding hydrogens is 386 g/mol. The van der Waals surface area contributed by atoms with Crippen molar-refractivity contribution in [2.75, 3.05) is 0 Å². The average molecular weight is 435 g/mol. The Morgan fingerprint density at radius 1 is 0.562 bits per heavy atom. The minimum atomic E-state index is 0.954. The van der Waals surface area contributed by atoms with Gasteiger partial charge in [-0.3, -0.25) is 0 Å². The molecule has 0 bridgehead atoms. The van der Waals surface area contributed by atoms with Gasteiger partial charge in [-0.05, 0) is 44.1 Å². The summed E-state index contributed by atoms with van der Waals surface area (Å²) in [5.74, 6) is 0. The van der Waals surface area contributed by atoms with E-state index >= 15 is 0 Å². The third-order valence-electron chi connectivity index (χ3n) is 6.40. The minimum absolute atomic E-state index is 0.954. The van der Waals surface area contributed by atoms with E-state index in [1.807, 2.05) is 0 Å². The number of aryl methyl sites for hydroxylation is 1. The van der Waals surface area contributed by atoms with Gasteiger partial charge in [0.1, 0.15) is 0 Å². The zero-order valence-electron chi connectivity index (χ0n) is 20.8. The molecule has 0 saturated carbocycles. The van der Waals surface area contributed by atoms with Gasteiger partial charge in [0.2, 0.25) is 0 Å². The van der Waals surface area contributed by atoms with Crippen molar-refractivity contribution >= 4 is 0 Å². The van der Waals surface area contributed by atoms with E-state index in [0.717, 1.165) is 6.54 Å². The zero-order valence-corrected chi connectivity index (χ0v) is 20.8. The van der Waals surface area contributed by atoms with Gasteiger partial charge in [-0.2, -0.15) is 0 Å². The second-order valence-electron chi connectivity index (χ2n) is 9.41. The van der Waals surface area contributed by atoms with Crippen LogP contribution in [0.5, 0.6) is 0 Å². The number of nitrogens with zero attached hydrogens (tertiary/aromatic N) is 1. The van der Waals surface area contributed by atoms with Gasteiger partial charge in [0.15, 0.2) is 18.9 Å². The molecule has 2 rings (SSSR count). The summed E-state index contributed by atoms with van der Waals surface area (Å²) in [6.07, 6.45) is 31.2. The molecule has 1 nitrogen and oxygen atoms in total. The Bertz CT molecular complexity index is 686. The number of pyridine rings is 1. The second kappa shape index (κ2) is 18.7. The van der Waals surface area contributed by atoms with Crippen molar-refractivity contribution in [3.63, 3.8) is 0 Å². The highest BCUT2D eigenvalue weighted by Gasteiger charge is 2.02. The maximum Gasteiger partial charge on any atom is 0.173 e. The summed E-state index contributed by atoms with van der Waals surface area (Å²) in [6, 6.07) is 15.3. The van der Waals surface area contributed by atoms with Gasteiger partial charge < -0.3 is 0 Å². The molecule has 2 aromatic rings. The van der Waals surface area contributed by atoms with Crippen LogP contribution < -0.4 is 4.57 Å². The Labute approximate surface area is 199 Å². The molecule has 1 heterocycles. The van der Waals surface area contributed by atoms with E-state index < -0.39 is 0 Å². The van der Waals surface area contributed by atoms with Crippen LogP contribution in [-0.2, 0) is 13.0 Å². The Morgan fingerprint density at radius 2 is 1.09 bits per heavy atom. The molecule has 176 valence electrons. The third-order valence-corrected chi connectivity index (χ3v) is 6.40. The lowest BCUT2D eigenvalue weighted by Gasteiger charge is -2.03. The van der Waals surface area contributed by atoms with E-state index in [2.05, 4.69) is 78.5 Å². The normalized spacial score (nSPS) is 11.4. The molecule has 0 radical (unpaired) electrons. The lowest BCUT2D eigenvalue weighted by molar-refractivity contribution is -0.688. The molecule has 32 heavy (non-hydrogen) atoms. The highest BCUT2D eigenvalue weighted by Crippen LogP contribution is 2.12. The predicted octanol–water partition coefficient (Wildman–Crippen LogP) is 8.99. The number of benzene rings is 1. The van der Waals surface area contributed by atoms with Crippen LogP contribution in [0.2, 0.25) is 0 Å². The number of rotatable bonds is 19. The summed E-state index contributed by atoms with van der Waals surface area (Å²) >= 11 is 0. The molecule has 0 spiro atoms. The average Bonchev–Trinajstić information content (AvgIpc) is 2.83. The van der Waals surface area contributed by atoms with E-state index in [-0.39, 0.29) is 0 Å². The fourth-order valence-electron chi connectivity index (χ4n) is 4.31. The standard InChI is InChI=1S/C31H48N/c1-2-3-4-5-6-7-8-9-10-11-12-13-14-15-16-17-19-22-30-25-27-32(28-26-30)29-31-23-20-18-21-24-31/h9-10,18,20-21,23-28H,2-8,11-17,19,22,29H2,1H3/q+1. The fourth-order valence-corrected chi connectivity index (χ4v) is 4.31. The molecule has 0 aliphatic heterocycles. The van der Waals surface area contributed by atoms with Gasteiger partial charge in [-0.1, -0.05) is 114 Å². The van der Waals surface area contributed by atoms with Crippen LogP contribution in [0.1, 0.15) is 114 Å².